The molecule has 0 radical (unpaired) electrons. The zero-order valence-electron chi connectivity index (χ0n) is 14.2. The molecule has 0 saturated carbocycles. The first-order valence-corrected chi connectivity index (χ1v) is 8.62. The van der Waals surface area contributed by atoms with E-state index in [1.54, 1.807) is 24.3 Å². The van der Waals surface area contributed by atoms with Gasteiger partial charge in [0.2, 0.25) is 0 Å². The number of halogens is 1. The maximum Gasteiger partial charge on any atom is 0.339 e. The topological polar surface area (TPSA) is 55.4 Å². The first-order valence-electron chi connectivity index (χ1n) is 8.24. The van der Waals surface area contributed by atoms with Crippen LogP contribution in [-0.4, -0.2) is 18.5 Å². The second-order valence-corrected chi connectivity index (χ2v) is 6.38. The number of nitrogens with one attached hydrogen (secondary N) is 1. The summed E-state index contributed by atoms with van der Waals surface area (Å²) in [6.45, 7) is 1.52. The lowest BCUT2D eigenvalue weighted by Gasteiger charge is -2.14. The third-order valence-electron chi connectivity index (χ3n) is 4.09. The number of carbonyl (C=O) groups is 2. The Morgan fingerprint density at radius 2 is 1.69 bits per heavy atom. The van der Waals surface area contributed by atoms with Crippen molar-refractivity contribution in [2.45, 2.75) is 13.0 Å². The zero-order chi connectivity index (χ0) is 18.5. The molecule has 3 aromatic carbocycles. The molecule has 0 fully saturated rings. The van der Waals surface area contributed by atoms with Crippen molar-refractivity contribution in [1.29, 1.82) is 0 Å². The number of carbonyl (C=O) groups excluding carboxylic acids is 2. The van der Waals surface area contributed by atoms with Crippen LogP contribution in [0.4, 0.5) is 0 Å². The van der Waals surface area contributed by atoms with E-state index in [4.69, 9.17) is 16.3 Å². The maximum absolute atomic E-state index is 12.3. The highest BCUT2D eigenvalue weighted by molar-refractivity contribution is 6.30. The van der Waals surface area contributed by atoms with Gasteiger partial charge >= 0.3 is 5.97 Å². The van der Waals surface area contributed by atoms with Gasteiger partial charge in [0.25, 0.3) is 5.91 Å². The summed E-state index contributed by atoms with van der Waals surface area (Å²) in [7, 11) is 0. The Labute approximate surface area is 156 Å². The summed E-state index contributed by atoms with van der Waals surface area (Å²) in [4.78, 5) is 24.4. The molecule has 5 heteroatoms. The standard InChI is InChI=1S/C21H18ClNO3/c1-14(15-9-11-17(22)12-10-15)23-20(24)13-26-21(25)19-8-4-6-16-5-2-3-7-18(16)19/h2-12,14H,13H2,1H3,(H,23,24)/t14-/m0/s1. The molecule has 0 saturated heterocycles. The molecule has 0 unspecified atom stereocenters. The minimum absolute atomic E-state index is 0.212. The summed E-state index contributed by atoms with van der Waals surface area (Å²) < 4.78 is 5.18. The fourth-order valence-corrected chi connectivity index (χ4v) is 2.86. The summed E-state index contributed by atoms with van der Waals surface area (Å²) in [6.07, 6.45) is 0. The van der Waals surface area contributed by atoms with Gasteiger partial charge in [-0.2, -0.15) is 0 Å². The molecule has 3 rings (SSSR count). The molecule has 1 N–H and O–H groups in total. The monoisotopic (exact) mass is 367 g/mol. The van der Waals surface area contributed by atoms with E-state index < -0.39 is 5.97 Å². The van der Waals surface area contributed by atoms with Gasteiger partial charge in [0.15, 0.2) is 6.61 Å². The van der Waals surface area contributed by atoms with Crippen LogP contribution in [0.15, 0.2) is 66.7 Å². The van der Waals surface area contributed by atoms with Crippen molar-refractivity contribution in [2.75, 3.05) is 6.61 Å². The second-order valence-electron chi connectivity index (χ2n) is 5.94. The van der Waals surface area contributed by atoms with Gasteiger partial charge < -0.3 is 10.1 Å². The normalized spacial score (nSPS) is 11.8. The molecule has 0 aliphatic heterocycles. The number of ether oxygens (including phenoxy) is 1. The quantitative estimate of drug-likeness (QED) is 0.674. The van der Waals surface area contributed by atoms with Crippen LogP contribution in [0, 0.1) is 0 Å². The van der Waals surface area contributed by atoms with Crippen LogP contribution in [0.5, 0.6) is 0 Å². The Hall–Kier alpha value is -2.85. The van der Waals surface area contributed by atoms with Gasteiger partial charge in [-0.05, 0) is 41.5 Å². The predicted molar refractivity (Wildman–Crippen MR) is 102 cm³/mol. The first-order chi connectivity index (χ1) is 12.5. The molecule has 1 amide bonds. The number of benzene rings is 3. The van der Waals surface area contributed by atoms with Gasteiger partial charge in [0.1, 0.15) is 0 Å². The van der Waals surface area contributed by atoms with E-state index in [2.05, 4.69) is 5.32 Å². The van der Waals surface area contributed by atoms with Gasteiger partial charge in [-0.25, -0.2) is 4.79 Å². The Bertz CT molecular complexity index is 932. The fourth-order valence-electron chi connectivity index (χ4n) is 2.73. The van der Waals surface area contributed by atoms with Crippen molar-refractivity contribution >= 4 is 34.2 Å². The number of esters is 1. The Balaban J connectivity index is 1.60. The molecular weight excluding hydrogens is 350 g/mol. The highest BCUT2D eigenvalue weighted by atomic mass is 35.5. The Morgan fingerprint density at radius 3 is 2.46 bits per heavy atom. The van der Waals surface area contributed by atoms with Crippen LogP contribution in [0.25, 0.3) is 10.8 Å². The smallest absolute Gasteiger partial charge is 0.339 e. The largest absolute Gasteiger partial charge is 0.452 e. The highest BCUT2D eigenvalue weighted by Crippen LogP contribution is 2.19. The molecule has 0 aromatic heterocycles. The van der Waals surface area contributed by atoms with Crippen LogP contribution in [0.1, 0.15) is 28.9 Å². The van der Waals surface area contributed by atoms with E-state index in [9.17, 15) is 9.59 Å². The summed E-state index contributed by atoms with van der Waals surface area (Å²) in [6, 6.07) is 20.0. The molecule has 0 aliphatic carbocycles. The molecule has 4 nitrogen and oxygen atoms in total. The Kier molecular flexibility index (Phi) is 5.54. The molecule has 0 aliphatic rings. The first kappa shape index (κ1) is 18.0. The van der Waals surface area contributed by atoms with Crippen molar-refractivity contribution in [3.05, 3.63) is 82.9 Å². The van der Waals surface area contributed by atoms with E-state index in [1.807, 2.05) is 49.4 Å². The minimum Gasteiger partial charge on any atom is -0.452 e. The molecule has 0 spiro atoms. The van der Waals surface area contributed by atoms with Crippen molar-refractivity contribution in [2.24, 2.45) is 0 Å². The Morgan fingerprint density at radius 1 is 1.00 bits per heavy atom. The van der Waals surface area contributed by atoms with Crippen LogP contribution in [-0.2, 0) is 9.53 Å². The lowest BCUT2D eigenvalue weighted by Crippen LogP contribution is -2.31. The van der Waals surface area contributed by atoms with E-state index in [0.717, 1.165) is 16.3 Å². The van der Waals surface area contributed by atoms with E-state index in [0.29, 0.717) is 10.6 Å². The van der Waals surface area contributed by atoms with E-state index in [1.165, 1.54) is 0 Å². The lowest BCUT2D eigenvalue weighted by atomic mass is 10.1. The van der Waals surface area contributed by atoms with Crippen molar-refractivity contribution in [1.82, 2.24) is 5.32 Å². The molecule has 0 bridgehead atoms. The average Bonchev–Trinajstić information content (AvgIpc) is 2.66. The van der Waals surface area contributed by atoms with Crippen molar-refractivity contribution < 1.29 is 14.3 Å². The van der Waals surface area contributed by atoms with Crippen molar-refractivity contribution in [3.8, 4) is 0 Å². The summed E-state index contributed by atoms with van der Waals surface area (Å²) in [5.74, 6) is -0.878. The van der Waals surface area contributed by atoms with Crippen LogP contribution >= 0.6 is 11.6 Å². The highest BCUT2D eigenvalue weighted by Gasteiger charge is 2.15. The van der Waals surface area contributed by atoms with Gasteiger partial charge in [0, 0.05) is 5.02 Å². The molecule has 26 heavy (non-hydrogen) atoms. The molecule has 132 valence electrons. The SMILES string of the molecule is C[C@H](NC(=O)COC(=O)c1cccc2ccccc12)c1ccc(Cl)cc1. The number of hydrogen-bond donors (Lipinski definition) is 1. The predicted octanol–water partition coefficient (Wildman–Crippen LogP) is 4.53. The number of amides is 1. The third kappa shape index (κ3) is 4.21. The van der Waals surface area contributed by atoms with Gasteiger partial charge in [-0.3, -0.25) is 4.79 Å². The minimum atomic E-state index is -0.518. The van der Waals surface area contributed by atoms with Crippen molar-refractivity contribution in [3.63, 3.8) is 0 Å². The zero-order valence-corrected chi connectivity index (χ0v) is 15.0. The second kappa shape index (κ2) is 8.02. The van der Waals surface area contributed by atoms with E-state index in [-0.39, 0.29) is 18.6 Å². The fraction of sp³-hybridized carbons (Fsp3) is 0.143. The number of fused-ring (bicyclic) bond motifs is 1. The van der Waals surface area contributed by atoms with E-state index >= 15 is 0 Å². The average molecular weight is 368 g/mol. The lowest BCUT2D eigenvalue weighted by molar-refractivity contribution is -0.124. The number of rotatable bonds is 5. The van der Waals surface area contributed by atoms with Crippen LogP contribution < -0.4 is 5.32 Å². The summed E-state index contributed by atoms with van der Waals surface area (Å²) >= 11 is 5.86. The molecular formula is C21H18ClNO3. The molecule has 0 heterocycles. The van der Waals surface area contributed by atoms with Crippen LogP contribution in [0.2, 0.25) is 5.02 Å². The van der Waals surface area contributed by atoms with Gasteiger partial charge in [0.05, 0.1) is 11.6 Å². The molecule has 3 aromatic rings. The molecule has 1 atom stereocenters. The summed E-state index contributed by atoms with van der Waals surface area (Å²) in [5.41, 5.74) is 1.37. The summed E-state index contributed by atoms with van der Waals surface area (Å²) in [5, 5.41) is 5.18. The van der Waals surface area contributed by atoms with Crippen LogP contribution in [0.3, 0.4) is 0 Å². The van der Waals surface area contributed by atoms with Gasteiger partial charge in [-0.15, -0.1) is 0 Å². The number of hydrogen-bond acceptors (Lipinski definition) is 3. The maximum atomic E-state index is 12.3. The van der Waals surface area contributed by atoms with Gasteiger partial charge in [-0.1, -0.05) is 60.1 Å². The third-order valence-corrected chi connectivity index (χ3v) is 4.34.